The maximum atomic E-state index is 11.9. The lowest BCUT2D eigenvalue weighted by Crippen LogP contribution is -2.18. The molecule has 0 radical (unpaired) electrons. The van der Waals surface area contributed by atoms with E-state index >= 15 is 0 Å². The molecule has 20 heavy (non-hydrogen) atoms. The third-order valence-corrected chi connectivity index (χ3v) is 4.40. The predicted octanol–water partition coefficient (Wildman–Crippen LogP) is 5.93. The lowest BCUT2D eigenvalue weighted by Gasteiger charge is -2.31. The van der Waals surface area contributed by atoms with Crippen LogP contribution in [-0.2, 0) is 4.79 Å². The molecule has 0 bridgehead atoms. The van der Waals surface area contributed by atoms with Gasteiger partial charge in [-0.1, -0.05) is 46.3 Å². The molecule has 0 aliphatic heterocycles. The van der Waals surface area contributed by atoms with E-state index < -0.39 is 0 Å². The average molecular weight is 278 g/mol. The van der Waals surface area contributed by atoms with Crippen LogP contribution >= 0.6 is 0 Å². The summed E-state index contributed by atoms with van der Waals surface area (Å²) in [4.78, 5) is 11.9. The van der Waals surface area contributed by atoms with Crippen molar-refractivity contribution in [3.8, 4) is 0 Å². The van der Waals surface area contributed by atoms with E-state index in [2.05, 4.69) is 40.7 Å². The van der Waals surface area contributed by atoms with E-state index in [-0.39, 0.29) is 5.41 Å². The van der Waals surface area contributed by atoms with Crippen molar-refractivity contribution in [3.05, 3.63) is 11.6 Å². The fourth-order valence-electron chi connectivity index (χ4n) is 3.04. The van der Waals surface area contributed by atoms with Gasteiger partial charge in [-0.05, 0) is 55.8 Å². The molecular formula is C19H34O. The van der Waals surface area contributed by atoms with Crippen molar-refractivity contribution in [1.29, 1.82) is 0 Å². The van der Waals surface area contributed by atoms with Crippen LogP contribution in [0.3, 0.4) is 0 Å². The molecule has 1 atom stereocenters. The number of hydrogen-bond acceptors (Lipinski definition) is 1. The normalized spacial score (nSPS) is 20.4. The molecule has 0 N–H and O–H groups in total. The highest BCUT2D eigenvalue weighted by molar-refractivity contribution is 5.78. The number of Topliss-reactive ketones (excluding diaryl/α,β-unsaturated/α-hetero) is 1. The van der Waals surface area contributed by atoms with Crippen molar-refractivity contribution >= 4 is 5.78 Å². The summed E-state index contributed by atoms with van der Waals surface area (Å²) in [5.41, 5.74) is 1.95. The molecule has 1 nitrogen and oxygen atoms in total. The number of rotatable bonds is 8. The summed E-state index contributed by atoms with van der Waals surface area (Å²) >= 11 is 0. The van der Waals surface area contributed by atoms with E-state index in [4.69, 9.17) is 0 Å². The molecule has 0 saturated heterocycles. The van der Waals surface area contributed by atoms with Gasteiger partial charge in [0.25, 0.3) is 0 Å². The molecule has 1 aliphatic rings. The molecule has 116 valence electrons. The van der Waals surface area contributed by atoms with Crippen LogP contribution < -0.4 is 0 Å². The van der Waals surface area contributed by atoms with Gasteiger partial charge < -0.3 is 0 Å². The number of ketones is 1. The number of allylic oxidation sites excluding steroid dienone is 2. The highest BCUT2D eigenvalue weighted by Crippen LogP contribution is 2.38. The Balaban J connectivity index is 2.10. The maximum absolute atomic E-state index is 11.9. The van der Waals surface area contributed by atoms with Crippen molar-refractivity contribution in [1.82, 2.24) is 0 Å². The lowest BCUT2D eigenvalue weighted by molar-refractivity contribution is -0.119. The van der Waals surface area contributed by atoms with Crippen LogP contribution in [0.25, 0.3) is 0 Å². The second kappa shape index (κ2) is 8.00. The van der Waals surface area contributed by atoms with Gasteiger partial charge in [0.05, 0.1) is 0 Å². The quantitative estimate of drug-likeness (QED) is 0.502. The fraction of sp³-hybridized carbons (Fsp3) is 0.842. The Morgan fingerprint density at radius 3 is 2.50 bits per heavy atom. The molecular weight excluding hydrogens is 244 g/mol. The van der Waals surface area contributed by atoms with Crippen LogP contribution in [0.15, 0.2) is 11.6 Å². The molecule has 1 heteroatoms. The molecule has 0 aromatic rings. The van der Waals surface area contributed by atoms with Gasteiger partial charge in [-0.15, -0.1) is 0 Å². The third-order valence-electron chi connectivity index (χ3n) is 4.40. The van der Waals surface area contributed by atoms with Crippen LogP contribution in [-0.4, -0.2) is 5.78 Å². The van der Waals surface area contributed by atoms with Gasteiger partial charge in [0.15, 0.2) is 0 Å². The summed E-state index contributed by atoms with van der Waals surface area (Å²) in [5, 5.41) is 0. The minimum atomic E-state index is 0.287. The first kappa shape index (κ1) is 17.5. The average Bonchev–Trinajstić information content (AvgIpc) is 2.30. The van der Waals surface area contributed by atoms with Crippen LogP contribution in [0.4, 0.5) is 0 Å². The highest BCUT2D eigenvalue weighted by Gasteiger charge is 2.24. The zero-order valence-electron chi connectivity index (χ0n) is 14.3. The molecule has 1 fully saturated rings. The Hall–Kier alpha value is -0.590. The van der Waals surface area contributed by atoms with E-state index in [9.17, 15) is 4.79 Å². The van der Waals surface area contributed by atoms with Crippen LogP contribution in [0, 0.1) is 17.3 Å². The zero-order valence-corrected chi connectivity index (χ0v) is 14.3. The van der Waals surface area contributed by atoms with Crippen molar-refractivity contribution in [2.75, 3.05) is 0 Å². The number of carbonyl (C=O) groups excluding carboxylic acids is 1. The van der Waals surface area contributed by atoms with Gasteiger partial charge >= 0.3 is 0 Å². The maximum Gasteiger partial charge on any atom is 0.132 e. The van der Waals surface area contributed by atoms with Gasteiger partial charge in [-0.3, -0.25) is 4.79 Å². The monoisotopic (exact) mass is 278 g/mol. The van der Waals surface area contributed by atoms with E-state index in [0.717, 1.165) is 31.6 Å². The second-order valence-electron chi connectivity index (χ2n) is 8.02. The van der Waals surface area contributed by atoms with E-state index in [1.807, 2.05) is 0 Å². The van der Waals surface area contributed by atoms with Crippen molar-refractivity contribution in [2.45, 2.75) is 86.0 Å². The van der Waals surface area contributed by atoms with Gasteiger partial charge in [-0.2, -0.15) is 0 Å². The zero-order chi connectivity index (χ0) is 15.2. The molecule has 0 aromatic heterocycles. The van der Waals surface area contributed by atoms with Crippen molar-refractivity contribution < 1.29 is 4.79 Å². The number of hydrogen-bond donors (Lipinski definition) is 0. The highest BCUT2D eigenvalue weighted by atomic mass is 16.1. The summed E-state index contributed by atoms with van der Waals surface area (Å²) in [6, 6.07) is 0. The summed E-state index contributed by atoms with van der Waals surface area (Å²) < 4.78 is 0. The standard InChI is InChI=1S/C19H34O/c1-6-7-16-13-17(14-16)12-15(2)8-9-18(20)10-11-19(3,4)5/h7,15,17H,6,8-14H2,1-5H3. The molecule has 0 heterocycles. The SMILES string of the molecule is CCC=C1CC(CC(C)CCC(=O)CCC(C)(C)C)C1. The van der Waals surface area contributed by atoms with E-state index in [1.165, 1.54) is 25.7 Å². The Labute approximate surface area is 126 Å². The first-order chi connectivity index (χ1) is 9.30. The second-order valence-corrected chi connectivity index (χ2v) is 8.02. The Morgan fingerprint density at radius 2 is 1.95 bits per heavy atom. The van der Waals surface area contributed by atoms with Crippen LogP contribution in [0.2, 0.25) is 0 Å². The summed E-state index contributed by atoms with van der Waals surface area (Å²) in [6.45, 7) is 11.2. The minimum absolute atomic E-state index is 0.287. The van der Waals surface area contributed by atoms with Gasteiger partial charge in [-0.25, -0.2) is 0 Å². The molecule has 0 aromatic carbocycles. The van der Waals surface area contributed by atoms with Crippen molar-refractivity contribution in [3.63, 3.8) is 0 Å². The molecule has 0 amide bonds. The summed E-state index contributed by atoms with van der Waals surface area (Å²) in [7, 11) is 0. The van der Waals surface area contributed by atoms with Gasteiger partial charge in [0.2, 0.25) is 0 Å². The Kier molecular flexibility index (Phi) is 6.99. The molecule has 1 unspecified atom stereocenters. The first-order valence-electron chi connectivity index (χ1n) is 8.49. The van der Waals surface area contributed by atoms with Crippen LogP contribution in [0.1, 0.15) is 86.0 Å². The van der Waals surface area contributed by atoms with E-state index in [0.29, 0.717) is 11.7 Å². The van der Waals surface area contributed by atoms with Gasteiger partial charge in [0, 0.05) is 12.8 Å². The van der Waals surface area contributed by atoms with Crippen LogP contribution in [0.5, 0.6) is 0 Å². The molecule has 1 rings (SSSR count). The predicted molar refractivity (Wildman–Crippen MR) is 87.8 cm³/mol. The summed E-state index contributed by atoms with van der Waals surface area (Å²) in [6.07, 6.45) is 11.2. The smallest absolute Gasteiger partial charge is 0.132 e. The Bertz CT molecular complexity index is 324. The third kappa shape index (κ3) is 7.26. The van der Waals surface area contributed by atoms with E-state index in [1.54, 1.807) is 5.57 Å². The Morgan fingerprint density at radius 1 is 1.30 bits per heavy atom. The van der Waals surface area contributed by atoms with Gasteiger partial charge in [0.1, 0.15) is 5.78 Å². The minimum Gasteiger partial charge on any atom is -0.300 e. The molecule has 0 spiro atoms. The lowest BCUT2D eigenvalue weighted by atomic mass is 9.74. The molecule has 1 aliphatic carbocycles. The first-order valence-corrected chi connectivity index (χ1v) is 8.49. The largest absolute Gasteiger partial charge is 0.300 e. The number of carbonyl (C=O) groups is 1. The molecule has 1 saturated carbocycles. The fourth-order valence-corrected chi connectivity index (χ4v) is 3.04. The van der Waals surface area contributed by atoms with Crippen molar-refractivity contribution in [2.24, 2.45) is 17.3 Å². The summed E-state index contributed by atoms with van der Waals surface area (Å²) in [5.74, 6) is 2.07. The topological polar surface area (TPSA) is 17.1 Å².